The average molecular weight is 679 g/mol. The first-order chi connectivity index (χ1) is 23.3. The Morgan fingerprint density at radius 2 is 1.86 bits per heavy atom. The Morgan fingerprint density at radius 1 is 1.12 bits per heavy atom. The van der Waals surface area contributed by atoms with E-state index in [0.29, 0.717) is 45.7 Å². The van der Waals surface area contributed by atoms with Crippen LogP contribution < -0.4 is 10.2 Å². The first kappa shape index (κ1) is 34.6. The van der Waals surface area contributed by atoms with Gasteiger partial charge in [-0.2, -0.15) is 0 Å². The minimum Gasteiger partial charge on any atom is -0.508 e. The Bertz CT molecular complexity index is 2010. The van der Waals surface area contributed by atoms with Crippen LogP contribution in [-0.2, 0) is 29.0 Å². The molecule has 0 bridgehead atoms. The summed E-state index contributed by atoms with van der Waals surface area (Å²) < 4.78 is 14.9. The van der Waals surface area contributed by atoms with E-state index in [1.807, 2.05) is 43.8 Å². The zero-order chi connectivity index (χ0) is 35.2. The second-order valence-electron chi connectivity index (χ2n) is 13.3. The van der Waals surface area contributed by atoms with Gasteiger partial charge in [0, 0.05) is 47.9 Å². The lowest BCUT2D eigenvalue weighted by Crippen LogP contribution is -2.57. The number of aliphatic hydroxyl groups is 5. The maximum atomic E-state index is 13.3. The van der Waals surface area contributed by atoms with Gasteiger partial charge in [-0.15, -0.1) is 0 Å². The number of aromatic nitrogens is 2. The zero-order valence-electron chi connectivity index (χ0n) is 27.7. The third-order valence-electron chi connectivity index (χ3n) is 9.30. The summed E-state index contributed by atoms with van der Waals surface area (Å²) >= 11 is 0. The van der Waals surface area contributed by atoms with E-state index in [1.54, 1.807) is 13.0 Å². The number of benzene rings is 2. The van der Waals surface area contributed by atoms with Crippen LogP contribution in [0.25, 0.3) is 27.6 Å². The summed E-state index contributed by atoms with van der Waals surface area (Å²) in [7, 11) is 0. The second-order valence-corrected chi connectivity index (χ2v) is 13.3. The van der Waals surface area contributed by atoms with Gasteiger partial charge in [0.2, 0.25) is 0 Å². The molecule has 5 unspecified atom stereocenters. The fourth-order valence-corrected chi connectivity index (χ4v) is 6.54. The van der Waals surface area contributed by atoms with E-state index < -0.39 is 48.8 Å². The molecule has 0 amide bonds. The molecule has 0 aliphatic carbocycles. The molecular weight excluding hydrogens is 636 g/mol. The maximum absolute atomic E-state index is 13.3. The van der Waals surface area contributed by atoms with Crippen molar-refractivity contribution in [3.8, 4) is 17.2 Å². The van der Waals surface area contributed by atoms with Gasteiger partial charge in [0.25, 0.3) is 0 Å². The van der Waals surface area contributed by atoms with Crippen LogP contribution in [-0.4, -0.2) is 89.0 Å². The minimum absolute atomic E-state index is 0.00730. The molecule has 49 heavy (non-hydrogen) atoms. The summed E-state index contributed by atoms with van der Waals surface area (Å²) in [6, 6.07) is 11.0. The normalized spacial score (nSPS) is 18.9. The van der Waals surface area contributed by atoms with Crippen molar-refractivity contribution in [1.82, 2.24) is 9.55 Å². The summed E-state index contributed by atoms with van der Waals surface area (Å²) in [5.74, 6) is 0.962. The number of nitrogens with zero attached hydrogens (tertiary/aromatic N) is 1. The molecule has 7 N–H and O–H groups in total. The van der Waals surface area contributed by atoms with E-state index in [0.717, 1.165) is 16.6 Å². The highest BCUT2D eigenvalue weighted by Gasteiger charge is 2.45. The van der Waals surface area contributed by atoms with Crippen LogP contribution in [0.2, 0.25) is 0 Å². The van der Waals surface area contributed by atoms with Gasteiger partial charge >= 0.3 is 0 Å². The summed E-state index contributed by atoms with van der Waals surface area (Å²) in [5, 5.41) is 63.5. The standard InChI is InChI=1S/C36H42N2O11/c1-5-26-23-10-11-37-25(23)16-38(26)30-32-21(13-24-27(41)12-19(2)47-33(24)30)14-29(35(3,4)48-32)49-46-18-36(45,34(44)31(43)28(42)17-39)15-20-6-8-22(40)9-7-20/h6-13,16,28-29,31,34,37,39-40,42-45H,5,14-15,17-18H2,1-4H3. The zero-order valence-corrected chi connectivity index (χ0v) is 27.7. The van der Waals surface area contributed by atoms with Crippen molar-refractivity contribution in [3.63, 3.8) is 0 Å². The van der Waals surface area contributed by atoms with Gasteiger partial charge in [-0.3, -0.25) is 4.79 Å². The molecule has 0 saturated heterocycles. The summed E-state index contributed by atoms with van der Waals surface area (Å²) in [6.45, 7) is 5.87. The number of rotatable bonds is 12. The molecule has 0 radical (unpaired) electrons. The maximum Gasteiger partial charge on any atom is 0.193 e. The van der Waals surface area contributed by atoms with Crippen LogP contribution in [0.1, 0.15) is 43.4 Å². The van der Waals surface area contributed by atoms with Gasteiger partial charge in [0.1, 0.15) is 59.4 Å². The third kappa shape index (κ3) is 6.46. The minimum atomic E-state index is -2.21. The number of nitrogens with one attached hydrogen (secondary N) is 1. The monoisotopic (exact) mass is 678 g/mol. The predicted molar refractivity (Wildman–Crippen MR) is 179 cm³/mol. The quantitative estimate of drug-likeness (QED) is 0.0756. The number of hydrogen-bond donors (Lipinski definition) is 7. The number of phenols is 1. The smallest absolute Gasteiger partial charge is 0.193 e. The number of ether oxygens (including phenoxy) is 1. The van der Waals surface area contributed by atoms with Crippen LogP contribution in [0.15, 0.2) is 64.1 Å². The van der Waals surface area contributed by atoms with Crippen molar-refractivity contribution in [1.29, 1.82) is 0 Å². The number of H-pyrrole nitrogens is 1. The molecule has 13 nitrogen and oxygen atoms in total. The summed E-state index contributed by atoms with van der Waals surface area (Å²) in [4.78, 5) is 28.0. The Labute approximate surface area is 281 Å². The number of aryl methyl sites for hydroxylation is 2. The van der Waals surface area contributed by atoms with Gasteiger partial charge in [0.05, 0.1) is 17.5 Å². The molecule has 3 aromatic heterocycles. The average Bonchev–Trinajstić information content (AvgIpc) is 3.65. The van der Waals surface area contributed by atoms with Crippen LogP contribution in [0.4, 0.5) is 0 Å². The lowest BCUT2D eigenvalue weighted by atomic mass is 9.85. The Balaban J connectivity index is 1.34. The first-order valence-corrected chi connectivity index (χ1v) is 16.2. The number of aromatic amines is 1. The molecule has 1 aliphatic rings. The Morgan fingerprint density at radius 3 is 2.55 bits per heavy atom. The molecule has 2 aromatic carbocycles. The number of hydrogen-bond acceptors (Lipinski definition) is 11. The van der Waals surface area contributed by atoms with Crippen molar-refractivity contribution in [2.24, 2.45) is 0 Å². The Kier molecular flexibility index (Phi) is 9.37. The second kappa shape index (κ2) is 13.2. The fourth-order valence-electron chi connectivity index (χ4n) is 6.54. The molecule has 4 heterocycles. The van der Waals surface area contributed by atoms with Crippen LogP contribution in [0.5, 0.6) is 11.5 Å². The topological polar surface area (TPSA) is 200 Å². The molecule has 1 aliphatic heterocycles. The van der Waals surface area contributed by atoms with Crippen molar-refractivity contribution >= 4 is 21.9 Å². The van der Waals surface area contributed by atoms with Gasteiger partial charge in [0.15, 0.2) is 16.8 Å². The third-order valence-corrected chi connectivity index (χ3v) is 9.30. The molecule has 5 aromatic rings. The van der Waals surface area contributed by atoms with E-state index >= 15 is 0 Å². The number of aliphatic hydroxyl groups excluding tert-OH is 4. The van der Waals surface area contributed by atoms with Crippen molar-refractivity contribution < 1.29 is 49.6 Å². The molecule has 262 valence electrons. The Hall–Kier alpha value is -4.21. The molecule has 5 atom stereocenters. The molecule has 13 heteroatoms. The van der Waals surface area contributed by atoms with Gasteiger partial charge < -0.3 is 49.3 Å². The van der Waals surface area contributed by atoms with Crippen LogP contribution >= 0.6 is 0 Å². The number of fused-ring (bicyclic) bond motifs is 3. The summed E-state index contributed by atoms with van der Waals surface area (Å²) in [5.41, 5.74) is 0.577. The number of phenolic OH excluding ortho intramolecular Hbond substituents is 1. The molecule has 6 rings (SSSR count). The highest BCUT2D eigenvalue weighted by Crippen LogP contribution is 2.44. The molecule has 0 spiro atoms. The molecular formula is C36H42N2O11. The fraction of sp³-hybridized carbons (Fsp3) is 0.417. The van der Waals surface area contributed by atoms with Gasteiger partial charge in [-0.25, -0.2) is 9.78 Å². The van der Waals surface area contributed by atoms with Crippen LogP contribution in [0.3, 0.4) is 0 Å². The van der Waals surface area contributed by atoms with E-state index in [4.69, 9.17) is 18.9 Å². The van der Waals surface area contributed by atoms with Gasteiger partial charge in [-0.05, 0) is 57.0 Å². The molecule has 0 saturated carbocycles. The largest absolute Gasteiger partial charge is 0.508 e. The van der Waals surface area contributed by atoms with Crippen molar-refractivity contribution in [2.45, 2.75) is 82.6 Å². The SMILES string of the molecule is CCc1c2cc[nH]c2cn1-c1c2c(cc3c(=O)cc(C)oc13)CC(OOCC(O)(Cc1ccc(O)cc1)C(O)C(O)C(O)CO)C(C)(C)O2. The van der Waals surface area contributed by atoms with Crippen molar-refractivity contribution in [3.05, 3.63) is 87.7 Å². The van der Waals surface area contributed by atoms with E-state index in [-0.39, 0.29) is 24.0 Å². The lowest BCUT2D eigenvalue weighted by molar-refractivity contribution is -0.369. The highest BCUT2D eigenvalue weighted by atomic mass is 17.2. The van der Waals surface area contributed by atoms with Gasteiger partial charge in [-0.1, -0.05) is 19.1 Å². The van der Waals surface area contributed by atoms with E-state index in [2.05, 4.69) is 4.98 Å². The van der Waals surface area contributed by atoms with Crippen LogP contribution in [0, 0.1) is 6.92 Å². The molecule has 0 fully saturated rings. The predicted octanol–water partition coefficient (Wildman–Crippen LogP) is 2.72. The lowest BCUT2D eigenvalue weighted by Gasteiger charge is -2.41. The first-order valence-electron chi connectivity index (χ1n) is 16.2. The van der Waals surface area contributed by atoms with E-state index in [1.165, 1.54) is 30.3 Å². The highest BCUT2D eigenvalue weighted by molar-refractivity contribution is 5.92. The summed E-state index contributed by atoms with van der Waals surface area (Å²) in [6.07, 6.45) is -1.94. The van der Waals surface area contributed by atoms with Crippen molar-refractivity contribution in [2.75, 3.05) is 13.2 Å². The number of aromatic hydroxyl groups is 1. The van der Waals surface area contributed by atoms with E-state index in [9.17, 15) is 35.4 Å².